The van der Waals surface area contributed by atoms with Crippen LogP contribution in [0.5, 0.6) is 0 Å². The summed E-state index contributed by atoms with van der Waals surface area (Å²) < 4.78 is 7.10. The summed E-state index contributed by atoms with van der Waals surface area (Å²) in [6.45, 7) is 103. The van der Waals surface area contributed by atoms with Gasteiger partial charge in [-0.25, -0.2) is 9.97 Å². The maximum atomic E-state index is 5.87. The van der Waals surface area contributed by atoms with Crippen LogP contribution >= 0.6 is 11.3 Å². The molecule has 1 aromatic carbocycles. The number of aromatic nitrogens is 4. The van der Waals surface area contributed by atoms with Gasteiger partial charge in [0, 0.05) is 89.1 Å². The van der Waals surface area contributed by atoms with Gasteiger partial charge in [-0.3, -0.25) is 14.9 Å². The summed E-state index contributed by atoms with van der Waals surface area (Å²) in [4.78, 5) is 20.7. The molecule has 3 aliphatic heterocycles. The highest BCUT2D eigenvalue weighted by atomic mass is 32.1. The maximum Gasteiger partial charge on any atom is 0.170 e. The topological polar surface area (TPSA) is 88.1 Å². The summed E-state index contributed by atoms with van der Waals surface area (Å²) in [5, 5.41) is 7.28. The lowest BCUT2D eigenvalue weighted by Crippen LogP contribution is -2.60. The molecular formula is C93H165N7OS. The third kappa shape index (κ3) is 32.5. The number of thiazole rings is 1. The van der Waals surface area contributed by atoms with E-state index in [9.17, 15) is 0 Å². The predicted octanol–water partition coefficient (Wildman–Crippen LogP) is 25.7. The first kappa shape index (κ1) is 94.5. The van der Waals surface area contributed by atoms with Crippen LogP contribution in [0.4, 0.5) is 0 Å². The zero-order valence-corrected chi connectivity index (χ0v) is 76.0. The van der Waals surface area contributed by atoms with Crippen molar-refractivity contribution in [3.05, 3.63) is 117 Å². The summed E-state index contributed by atoms with van der Waals surface area (Å²) in [7, 11) is 0. The Morgan fingerprint density at radius 2 is 0.853 bits per heavy atom. The van der Waals surface area contributed by atoms with Crippen molar-refractivity contribution in [2.45, 2.75) is 390 Å². The van der Waals surface area contributed by atoms with Crippen molar-refractivity contribution in [2.24, 2.45) is 38.9 Å². The average molecular weight is 1430 g/mol. The Balaban J connectivity index is 0.000000405. The van der Waals surface area contributed by atoms with Gasteiger partial charge in [-0.05, 0) is 184 Å². The third-order valence-corrected chi connectivity index (χ3v) is 21.6. The molecule has 7 heterocycles. The van der Waals surface area contributed by atoms with Crippen LogP contribution in [0, 0.1) is 45.8 Å². The lowest BCUT2D eigenvalue weighted by atomic mass is 9.69. The molecule has 0 saturated carbocycles. The number of piperazine rings is 1. The fraction of sp³-hybridized carbons (Fsp3) is 0.763. The van der Waals surface area contributed by atoms with Gasteiger partial charge < -0.3 is 15.4 Å². The molecule has 3 saturated heterocycles. The van der Waals surface area contributed by atoms with Gasteiger partial charge in [0.1, 0.15) is 0 Å². The lowest BCUT2D eigenvalue weighted by Gasteiger charge is -2.46. The van der Waals surface area contributed by atoms with Crippen LogP contribution in [0.25, 0.3) is 10.3 Å². The SMILES string of the molecule is CC(C)(C)C1CCNC(C(C)(C)C)C1.CC(C)(C)C1CCOC(C(C)(C)C)C1.CC(C)(C)C1CN(C(C)(C)C)CCN1.CC(C)(C)c1cc(C(C)(C)C)c2scnc2n1.CC(C)(C)c1cccc(C(C)(C)C)c1.CC(C)(C)c1ccnc(C(C)(C)C)c1.Cc1cc(C(C)(C)C)cc(C(C)(C)C)n1. The molecule has 584 valence electrons. The van der Waals surface area contributed by atoms with E-state index in [1.807, 2.05) is 11.7 Å². The second-order valence-corrected chi connectivity index (χ2v) is 46.1. The molecule has 5 unspecified atom stereocenters. The number of benzene rings is 1. The van der Waals surface area contributed by atoms with E-state index in [2.05, 4.69) is 388 Å². The van der Waals surface area contributed by atoms with Crippen LogP contribution in [0.1, 0.15) is 367 Å². The fourth-order valence-electron chi connectivity index (χ4n) is 12.5. The van der Waals surface area contributed by atoms with Crippen molar-refractivity contribution in [1.82, 2.24) is 35.5 Å². The summed E-state index contributed by atoms with van der Waals surface area (Å²) in [5.74, 6) is 1.70. The Bertz CT molecular complexity index is 2960. The zero-order chi connectivity index (χ0) is 79.6. The number of hydrogen-bond acceptors (Lipinski definition) is 9. The molecule has 3 aliphatic rings. The Labute approximate surface area is 637 Å². The average Bonchev–Trinajstić information content (AvgIpc) is 1.55. The second-order valence-electron chi connectivity index (χ2n) is 45.2. The molecule has 5 aromatic rings. The Morgan fingerprint density at radius 3 is 1.27 bits per heavy atom. The van der Waals surface area contributed by atoms with E-state index in [0.29, 0.717) is 50.8 Å². The molecule has 0 bridgehead atoms. The molecule has 9 heteroatoms. The van der Waals surface area contributed by atoms with Gasteiger partial charge in [-0.2, -0.15) is 0 Å². The number of piperidine rings is 1. The van der Waals surface area contributed by atoms with Crippen LogP contribution in [-0.2, 0) is 48.1 Å². The molecule has 4 aromatic heterocycles. The first-order chi connectivity index (χ1) is 45.3. The van der Waals surface area contributed by atoms with Crippen molar-refractivity contribution in [3.63, 3.8) is 0 Å². The summed E-state index contributed by atoms with van der Waals surface area (Å²) >= 11 is 1.69. The number of aryl methyl sites for hydroxylation is 1. The Kier molecular flexibility index (Phi) is 33.0. The third-order valence-electron chi connectivity index (χ3n) is 20.8. The molecular weight excluding hydrogens is 1260 g/mol. The van der Waals surface area contributed by atoms with Crippen LogP contribution in [0.3, 0.4) is 0 Å². The number of rotatable bonds is 0. The largest absolute Gasteiger partial charge is 0.378 e. The minimum atomic E-state index is 0.0673. The van der Waals surface area contributed by atoms with Crippen LogP contribution in [0.15, 0.2) is 66.3 Å². The van der Waals surface area contributed by atoms with Crippen LogP contribution in [-0.4, -0.2) is 81.3 Å². The molecule has 0 radical (unpaired) electrons. The fourth-order valence-corrected chi connectivity index (χ4v) is 13.5. The van der Waals surface area contributed by atoms with Crippen molar-refractivity contribution in [3.8, 4) is 0 Å². The van der Waals surface area contributed by atoms with Crippen LogP contribution < -0.4 is 10.6 Å². The zero-order valence-electron chi connectivity index (χ0n) is 75.2. The number of hydrogen-bond donors (Lipinski definition) is 2. The molecule has 102 heavy (non-hydrogen) atoms. The molecule has 8 rings (SSSR count). The first-order valence-corrected chi connectivity index (χ1v) is 40.4. The van der Waals surface area contributed by atoms with Gasteiger partial charge in [0.15, 0.2) is 5.65 Å². The minimum Gasteiger partial charge on any atom is -0.378 e. The van der Waals surface area contributed by atoms with E-state index in [4.69, 9.17) is 4.74 Å². The van der Waals surface area contributed by atoms with Crippen molar-refractivity contribution in [2.75, 3.05) is 32.8 Å². The summed E-state index contributed by atoms with van der Waals surface area (Å²) in [6.07, 6.45) is 7.51. The highest BCUT2D eigenvalue weighted by Crippen LogP contribution is 2.42. The number of nitrogens with one attached hydrogen (secondary N) is 2. The van der Waals surface area contributed by atoms with Gasteiger partial charge in [-0.1, -0.05) is 294 Å². The molecule has 0 spiro atoms. The van der Waals surface area contributed by atoms with Gasteiger partial charge in [0.2, 0.25) is 0 Å². The summed E-state index contributed by atoms with van der Waals surface area (Å²) in [5.41, 5.74) is 18.0. The van der Waals surface area contributed by atoms with Gasteiger partial charge in [-0.15, -0.1) is 11.3 Å². The van der Waals surface area contributed by atoms with Gasteiger partial charge in [0.25, 0.3) is 0 Å². The highest BCUT2D eigenvalue weighted by molar-refractivity contribution is 7.16. The number of pyridine rings is 3. The number of fused-ring (bicyclic) bond motifs is 1. The van der Waals surface area contributed by atoms with E-state index in [-0.39, 0.29) is 43.3 Å². The monoisotopic (exact) mass is 1430 g/mol. The van der Waals surface area contributed by atoms with E-state index in [1.54, 1.807) is 11.3 Å². The molecule has 5 atom stereocenters. The Hall–Kier alpha value is -3.60. The smallest absolute Gasteiger partial charge is 0.170 e. The predicted molar refractivity (Wildman–Crippen MR) is 454 cm³/mol. The standard InChI is InChI=1S/C14H20N2S.C14H23N.C14H22.C13H27N.C13H21N.C13H26O.C12H26N2/c1-13(2,3)9-7-10(14(4,5)6)16-12-11(9)17-8-15-12;1-10-8-11(13(2,3)4)9-12(15-10)14(5,6)7;1-13(2,3)11-8-7-9-12(10-11)14(4,5)6;3*1-12(2,3)10-7-8-14-11(9-10)13(4,5)6;1-11(2,3)10-9-14(8-7-13-10)12(4,5)6/h7-8H,1-6H3;8-9H,1-7H3;7-10H,1-6H3;10-11,14H,7-9H2,1-6H3;7-9H,1-6H3;10-11H,7-9H2,1-6H3;10,13H,7-9H2,1-6H3. The van der Waals surface area contributed by atoms with E-state index in [1.165, 1.54) is 89.2 Å². The normalized spacial score (nSPS) is 19.7. The maximum absolute atomic E-state index is 5.87. The minimum absolute atomic E-state index is 0.0673. The van der Waals surface area contributed by atoms with Gasteiger partial charge in [0.05, 0.1) is 16.3 Å². The molecule has 3 fully saturated rings. The Morgan fingerprint density at radius 1 is 0.412 bits per heavy atom. The second kappa shape index (κ2) is 35.6. The highest BCUT2D eigenvalue weighted by Gasteiger charge is 2.38. The molecule has 2 N–H and O–H groups in total. The molecule has 8 nitrogen and oxygen atoms in total. The lowest BCUT2D eigenvalue weighted by molar-refractivity contribution is -0.0844. The molecule has 0 aliphatic carbocycles. The van der Waals surface area contributed by atoms with Gasteiger partial charge >= 0.3 is 0 Å². The van der Waals surface area contributed by atoms with E-state index >= 15 is 0 Å². The van der Waals surface area contributed by atoms with Crippen LogP contribution in [0.2, 0.25) is 0 Å². The van der Waals surface area contributed by atoms with E-state index < -0.39 is 0 Å². The molecule has 0 amide bonds. The van der Waals surface area contributed by atoms with Crippen molar-refractivity contribution in [1.29, 1.82) is 0 Å². The van der Waals surface area contributed by atoms with Crippen molar-refractivity contribution >= 4 is 21.7 Å². The first-order valence-electron chi connectivity index (χ1n) is 39.5. The summed E-state index contributed by atoms with van der Waals surface area (Å²) in [6, 6.07) is 21.3. The van der Waals surface area contributed by atoms with Crippen molar-refractivity contribution < 1.29 is 4.74 Å². The quantitative estimate of drug-likeness (QED) is 0.159. The number of nitrogens with zero attached hydrogens (tertiary/aromatic N) is 5. The van der Waals surface area contributed by atoms with E-state index in [0.717, 1.165) is 42.0 Å². The number of ether oxygens (including phenoxy) is 1.